The van der Waals surface area contributed by atoms with Crippen LogP contribution in [0.1, 0.15) is 46.9 Å². The van der Waals surface area contributed by atoms with Gasteiger partial charge in [0, 0.05) is 50.2 Å². The first-order valence-electron chi connectivity index (χ1n) is 9.96. The fourth-order valence-corrected chi connectivity index (χ4v) is 4.11. The number of rotatable bonds is 3. The Hall–Kier alpha value is -3.35. The van der Waals surface area contributed by atoms with E-state index in [1.807, 2.05) is 0 Å². The lowest BCUT2D eigenvalue weighted by Crippen LogP contribution is -2.52. The highest BCUT2D eigenvalue weighted by molar-refractivity contribution is 6.01. The molecule has 7 nitrogen and oxygen atoms in total. The highest BCUT2D eigenvalue weighted by Gasteiger charge is 2.43. The highest BCUT2D eigenvalue weighted by Crippen LogP contribution is 2.41. The Labute approximate surface area is 175 Å². The molecule has 2 aliphatic heterocycles. The number of carbonyl (C=O) groups is 3. The van der Waals surface area contributed by atoms with E-state index in [-0.39, 0.29) is 17.6 Å². The molecule has 0 atom stereocenters. The summed E-state index contributed by atoms with van der Waals surface area (Å²) in [5, 5.41) is 2.70. The van der Waals surface area contributed by atoms with Crippen LogP contribution in [0.15, 0.2) is 42.5 Å². The predicted octanol–water partition coefficient (Wildman–Crippen LogP) is 3.29. The summed E-state index contributed by atoms with van der Waals surface area (Å²) < 4.78 is 11.5. The molecular weight excluding hydrogens is 384 g/mol. The number of benzene rings is 2. The molecule has 2 amide bonds. The molecule has 2 aromatic carbocycles. The maximum atomic E-state index is 12.9. The van der Waals surface area contributed by atoms with Crippen molar-refractivity contribution in [3.63, 3.8) is 0 Å². The van der Waals surface area contributed by atoms with E-state index in [0.717, 1.165) is 0 Å². The minimum absolute atomic E-state index is 0.0571. The van der Waals surface area contributed by atoms with Crippen molar-refractivity contribution >= 4 is 23.3 Å². The van der Waals surface area contributed by atoms with Gasteiger partial charge in [-0.05, 0) is 30.3 Å². The molecule has 0 aliphatic carbocycles. The van der Waals surface area contributed by atoms with E-state index in [9.17, 15) is 14.4 Å². The molecule has 30 heavy (non-hydrogen) atoms. The third-order valence-corrected chi connectivity index (χ3v) is 5.69. The van der Waals surface area contributed by atoms with Crippen LogP contribution in [0.3, 0.4) is 0 Å². The lowest BCUT2D eigenvalue weighted by atomic mass is 9.82. The van der Waals surface area contributed by atoms with Gasteiger partial charge in [0.05, 0.1) is 19.1 Å². The first-order valence-corrected chi connectivity index (χ1v) is 9.96. The fourth-order valence-electron chi connectivity index (χ4n) is 4.11. The zero-order valence-electron chi connectivity index (χ0n) is 17.1. The Kier molecular flexibility index (Phi) is 5.20. The molecule has 1 spiro atoms. The molecule has 1 saturated heterocycles. The Morgan fingerprint density at radius 1 is 1.13 bits per heavy atom. The average molecular weight is 408 g/mol. The quantitative estimate of drug-likeness (QED) is 0.842. The third-order valence-electron chi connectivity index (χ3n) is 5.69. The van der Waals surface area contributed by atoms with Gasteiger partial charge in [0.2, 0.25) is 5.91 Å². The number of piperidine rings is 1. The van der Waals surface area contributed by atoms with Crippen molar-refractivity contribution in [2.45, 2.75) is 31.8 Å². The lowest BCUT2D eigenvalue weighted by Gasteiger charge is -2.44. The molecule has 7 heteroatoms. The number of anilines is 1. The van der Waals surface area contributed by atoms with E-state index in [1.165, 1.54) is 6.92 Å². The molecule has 0 unspecified atom stereocenters. The number of nitrogens with zero attached hydrogens (tertiary/aromatic N) is 1. The number of Topliss-reactive ketones (excluding diaryl/α,β-unsaturated/α-hetero) is 1. The van der Waals surface area contributed by atoms with E-state index in [0.29, 0.717) is 60.7 Å². The third kappa shape index (κ3) is 3.87. The van der Waals surface area contributed by atoms with Crippen LogP contribution in [0, 0.1) is 0 Å². The highest BCUT2D eigenvalue weighted by atomic mass is 16.5. The van der Waals surface area contributed by atoms with Gasteiger partial charge in [-0.25, -0.2) is 0 Å². The van der Waals surface area contributed by atoms with E-state index in [1.54, 1.807) is 54.5 Å². The number of ether oxygens (including phenoxy) is 2. The molecule has 0 radical (unpaired) electrons. The van der Waals surface area contributed by atoms with Crippen molar-refractivity contribution < 1.29 is 23.9 Å². The second-order valence-corrected chi connectivity index (χ2v) is 7.80. The van der Waals surface area contributed by atoms with E-state index in [4.69, 9.17) is 9.47 Å². The smallest absolute Gasteiger partial charge is 0.253 e. The second kappa shape index (κ2) is 7.82. The van der Waals surface area contributed by atoms with Crippen LogP contribution in [0.25, 0.3) is 0 Å². The second-order valence-electron chi connectivity index (χ2n) is 7.80. The number of hydrogen-bond acceptors (Lipinski definition) is 5. The van der Waals surface area contributed by atoms with Crippen molar-refractivity contribution in [1.82, 2.24) is 4.90 Å². The summed E-state index contributed by atoms with van der Waals surface area (Å²) in [6.07, 6.45) is 1.46. The number of ketones is 1. The van der Waals surface area contributed by atoms with Crippen molar-refractivity contribution in [1.29, 1.82) is 0 Å². The van der Waals surface area contributed by atoms with Crippen LogP contribution >= 0.6 is 0 Å². The molecule has 156 valence electrons. The van der Waals surface area contributed by atoms with Gasteiger partial charge >= 0.3 is 0 Å². The van der Waals surface area contributed by atoms with Crippen LogP contribution in [0.2, 0.25) is 0 Å². The minimum atomic E-state index is -0.592. The summed E-state index contributed by atoms with van der Waals surface area (Å²) in [5.41, 5.74) is 1.10. The number of likely N-dealkylation sites (tertiary alicyclic amines) is 1. The Balaban J connectivity index is 1.46. The predicted molar refractivity (Wildman–Crippen MR) is 111 cm³/mol. The molecule has 1 fully saturated rings. The van der Waals surface area contributed by atoms with Gasteiger partial charge in [0.15, 0.2) is 5.78 Å². The fraction of sp³-hybridized carbons (Fsp3) is 0.348. The van der Waals surface area contributed by atoms with Gasteiger partial charge in [0.25, 0.3) is 5.91 Å². The van der Waals surface area contributed by atoms with Gasteiger partial charge in [-0.1, -0.05) is 6.07 Å². The first kappa shape index (κ1) is 19.9. The lowest BCUT2D eigenvalue weighted by molar-refractivity contribution is -0.114. The van der Waals surface area contributed by atoms with Gasteiger partial charge in [-0.3, -0.25) is 14.4 Å². The molecule has 2 aliphatic rings. The molecule has 2 aromatic rings. The zero-order chi connectivity index (χ0) is 21.3. The SMILES string of the molecule is COc1ccc2c(c1)OC1(CCN(C(=O)c3cccc(NC(C)=O)c3)CC1)CC2=O. The standard InChI is InChI=1S/C23H24N2O5/c1-15(26)24-17-5-3-4-16(12-17)22(28)25-10-8-23(9-11-25)14-20(27)19-7-6-18(29-2)13-21(19)30-23/h3-7,12-13H,8-11,14H2,1-2H3,(H,24,26). The minimum Gasteiger partial charge on any atom is -0.497 e. The summed E-state index contributed by atoms with van der Waals surface area (Å²) in [4.78, 5) is 38.7. The number of nitrogens with one attached hydrogen (secondary N) is 1. The molecule has 0 aromatic heterocycles. The Bertz CT molecular complexity index is 1010. The monoisotopic (exact) mass is 408 g/mol. The number of hydrogen-bond donors (Lipinski definition) is 1. The first-order chi connectivity index (χ1) is 14.4. The molecule has 0 bridgehead atoms. The summed E-state index contributed by atoms with van der Waals surface area (Å²) in [6.45, 7) is 2.42. The Morgan fingerprint density at radius 2 is 1.90 bits per heavy atom. The normalized spacial score (nSPS) is 17.1. The van der Waals surface area contributed by atoms with Crippen LogP contribution in [0.5, 0.6) is 11.5 Å². The topological polar surface area (TPSA) is 84.9 Å². The summed E-state index contributed by atoms with van der Waals surface area (Å²) in [5.74, 6) is 0.970. The maximum Gasteiger partial charge on any atom is 0.253 e. The van der Waals surface area contributed by atoms with Crippen molar-refractivity contribution in [2.24, 2.45) is 0 Å². The van der Waals surface area contributed by atoms with E-state index in [2.05, 4.69) is 5.32 Å². The maximum absolute atomic E-state index is 12.9. The molecular formula is C23H24N2O5. The van der Waals surface area contributed by atoms with Crippen LogP contribution in [0.4, 0.5) is 5.69 Å². The van der Waals surface area contributed by atoms with E-state index >= 15 is 0 Å². The summed E-state index contributed by atoms with van der Waals surface area (Å²) in [7, 11) is 1.58. The average Bonchev–Trinajstić information content (AvgIpc) is 2.73. The molecule has 1 N–H and O–H groups in total. The van der Waals surface area contributed by atoms with Crippen LogP contribution < -0.4 is 14.8 Å². The number of carbonyl (C=O) groups excluding carboxylic acids is 3. The molecule has 4 rings (SSSR count). The number of methoxy groups -OCH3 is 1. The van der Waals surface area contributed by atoms with Crippen LogP contribution in [-0.2, 0) is 4.79 Å². The number of amides is 2. The molecule has 0 saturated carbocycles. The zero-order valence-corrected chi connectivity index (χ0v) is 17.1. The Morgan fingerprint density at radius 3 is 2.60 bits per heavy atom. The van der Waals surface area contributed by atoms with Crippen molar-refractivity contribution in [3.05, 3.63) is 53.6 Å². The summed E-state index contributed by atoms with van der Waals surface area (Å²) >= 11 is 0. The number of fused-ring (bicyclic) bond motifs is 1. The van der Waals surface area contributed by atoms with Crippen LogP contribution in [-0.4, -0.2) is 48.3 Å². The molecule has 2 heterocycles. The van der Waals surface area contributed by atoms with Gasteiger partial charge in [-0.2, -0.15) is 0 Å². The largest absolute Gasteiger partial charge is 0.497 e. The van der Waals surface area contributed by atoms with Gasteiger partial charge in [-0.15, -0.1) is 0 Å². The van der Waals surface area contributed by atoms with Gasteiger partial charge < -0.3 is 19.7 Å². The van der Waals surface area contributed by atoms with Gasteiger partial charge in [0.1, 0.15) is 17.1 Å². The van der Waals surface area contributed by atoms with Crippen molar-refractivity contribution in [3.8, 4) is 11.5 Å². The summed E-state index contributed by atoms with van der Waals surface area (Å²) in [6, 6.07) is 12.2. The van der Waals surface area contributed by atoms with E-state index < -0.39 is 5.60 Å². The van der Waals surface area contributed by atoms with Crippen molar-refractivity contribution in [2.75, 3.05) is 25.5 Å².